The Kier molecular flexibility index (Phi) is 8.99. The molecule has 0 amide bonds. The van der Waals surface area contributed by atoms with Gasteiger partial charge in [0.05, 0.1) is 18.1 Å². The molecular weight excluding hydrogens is 425 g/mol. The number of ether oxygens (including phenoxy) is 2. The van der Waals surface area contributed by atoms with Crippen molar-refractivity contribution in [2.24, 2.45) is 11.8 Å². The van der Waals surface area contributed by atoms with Gasteiger partial charge in [0.1, 0.15) is 18.8 Å². The van der Waals surface area contributed by atoms with E-state index >= 15 is 0 Å². The van der Waals surface area contributed by atoms with Crippen LogP contribution in [0.1, 0.15) is 38.5 Å². The molecule has 2 aliphatic rings. The van der Waals surface area contributed by atoms with Gasteiger partial charge in [0.2, 0.25) is 8.45 Å². The number of nitrogens with one attached hydrogen (secondary N) is 2. The fourth-order valence-electron chi connectivity index (χ4n) is 2.97. The topological polar surface area (TPSA) is 129 Å². The summed E-state index contributed by atoms with van der Waals surface area (Å²) in [5.74, 6) is 0.459. The molecule has 0 radical (unpaired) electrons. The van der Waals surface area contributed by atoms with E-state index in [0.29, 0.717) is 30.8 Å². The highest BCUT2D eigenvalue weighted by Gasteiger charge is 2.22. The third-order valence-corrected chi connectivity index (χ3v) is 6.67. The maximum atomic E-state index is 12.0. The Morgan fingerprint density at radius 2 is 1.42 bits per heavy atom. The van der Waals surface area contributed by atoms with Crippen LogP contribution in [0.5, 0.6) is 5.75 Å². The zero-order valence-corrected chi connectivity index (χ0v) is 18.2. The van der Waals surface area contributed by atoms with Crippen molar-refractivity contribution in [3.05, 3.63) is 34.4 Å². The second kappa shape index (κ2) is 11.9. The molecule has 10 nitrogen and oxygen atoms in total. The van der Waals surface area contributed by atoms with Crippen LogP contribution in [0.4, 0.5) is 5.69 Å². The van der Waals surface area contributed by atoms with Gasteiger partial charge in [-0.25, -0.2) is 10.2 Å². The van der Waals surface area contributed by atoms with Gasteiger partial charge >= 0.3 is 11.9 Å². The summed E-state index contributed by atoms with van der Waals surface area (Å²) in [7, 11) is -1.63. The smallest absolute Gasteiger partial charge is 0.320 e. The highest BCUT2D eigenvalue weighted by Crippen LogP contribution is 2.31. The van der Waals surface area contributed by atoms with E-state index < -0.39 is 25.3 Å². The SMILES string of the molecule is O=C(CNP(NCC(=O)OCC1CCC1)Oc1ccc([N+](=O)[O-])cc1)OCC1CCC1. The van der Waals surface area contributed by atoms with Crippen molar-refractivity contribution < 1.29 is 28.5 Å². The van der Waals surface area contributed by atoms with Crippen LogP contribution >= 0.6 is 8.45 Å². The van der Waals surface area contributed by atoms with Crippen molar-refractivity contribution in [2.45, 2.75) is 38.5 Å². The van der Waals surface area contributed by atoms with Gasteiger partial charge in [0.15, 0.2) is 0 Å². The second-order valence-electron chi connectivity index (χ2n) is 7.77. The highest BCUT2D eigenvalue weighted by molar-refractivity contribution is 7.48. The van der Waals surface area contributed by atoms with Crippen LogP contribution in [0.2, 0.25) is 0 Å². The molecule has 2 N–H and O–H groups in total. The number of benzene rings is 1. The van der Waals surface area contributed by atoms with Gasteiger partial charge < -0.3 is 14.0 Å². The zero-order valence-electron chi connectivity index (χ0n) is 17.3. The van der Waals surface area contributed by atoms with E-state index in [1.165, 1.54) is 37.1 Å². The predicted octanol–water partition coefficient (Wildman–Crippen LogP) is 3.07. The Morgan fingerprint density at radius 1 is 0.935 bits per heavy atom. The van der Waals surface area contributed by atoms with Gasteiger partial charge in [-0.3, -0.25) is 19.7 Å². The lowest BCUT2D eigenvalue weighted by atomic mass is 9.86. The minimum Gasteiger partial charge on any atom is -0.464 e. The third-order valence-electron chi connectivity index (χ3n) is 5.39. The summed E-state index contributed by atoms with van der Waals surface area (Å²) in [6.45, 7) is 0.663. The number of carbonyl (C=O) groups excluding carboxylic acids is 2. The summed E-state index contributed by atoms with van der Waals surface area (Å²) in [5, 5.41) is 16.6. The van der Waals surface area contributed by atoms with E-state index in [0.717, 1.165) is 25.7 Å². The van der Waals surface area contributed by atoms with Crippen LogP contribution in [0, 0.1) is 22.0 Å². The number of nitro groups is 1. The minimum absolute atomic E-state index is 0.0586. The Bertz CT molecular complexity index is 720. The molecule has 31 heavy (non-hydrogen) atoms. The molecule has 0 unspecified atom stereocenters. The van der Waals surface area contributed by atoms with Gasteiger partial charge in [-0.2, -0.15) is 0 Å². The number of carbonyl (C=O) groups is 2. The molecule has 1 aromatic rings. The van der Waals surface area contributed by atoms with Gasteiger partial charge in [-0.1, -0.05) is 12.8 Å². The van der Waals surface area contributed by atoms with Crippen molar-refractivity contribution in [1.29, 1.82) is 0 Å². The maximum absolute atomic E-state index is 12.0. The first-order valence-corrected chi connectivity index (χ1v) is 11.8. The Morgan fingerprint density at radius 3 is 1.81 bits per heavy atom. The number of esters is 2. The summed E-state index contributed by atoms with van der Waals surface area (Å²) in [5.41, 5.74) is -0.0586. The Hall–Kier alpha value is -2.29. The molecular formula is C20H28N3O7P. The second-order valence-corrected chi connectivity index (χ2v) is 9.17. The Balaban J connectivity index is 1.47. The van der Waals surface area contributed by atoms with Crippen molar-refractivity contribution in [3.8, 4) is 5.75 Å². The van der Waals surface area contributed by atoms with Crippen LogP contribution < -0.4 is 14.7 Å². The Labute approximate surface area is 182 Å². The summed E-state index contributed by atoms with van der Waals surface area (Å²) in [6.07, 6.45) is 6.69. The quantitative estimate of drug-likeness (QED) is 0.200. The van der Waals surface area contributed by atoms with E-state index in [2.05, 4.69) is 10.2 Å². The fourth-order valence-corrected chi connectivity index (χ4v) is 4.09. The van der Waals surface area contributed by atoms with E-state index in [4.69, 9.17) is 14.0 Å². The molecule has 0 heterocycles. The lowest BCUT2D eigenvalue weighted by Gasteiger charge is -2.25. The molecule has 0 bridgehead atoms. The number of rotatable bonds is 13. The normalized spacial score (nSPS) is 16.3. The molecule has 0 aliphatic heterocycles. The molecule has 0 atom stereocenters. The standard InChI is InChI=1S/C20H28N3O7P/c24-19(28-13-15-3-1-4-15)11-21-31(22-12-20(25)29-14-16-5-2-6-16)30-18-9-7-17(8-10-18)23(26)27/h7-10,15-16,21-22H,1-6,11-14H2. The average molecular weight is 453 g/mol. The van der Waals surface area contributed by atoms with Gasteiger partial charge in [-0.05, 0) is 49.7 Å². The minimum atomic E-state index is -1.63. The zero-order chi connectivity index (χ0) is 22.1. The molecule has 1 aromatic carbocycles. The first kappa shape index (κ1) is 23.4. The molecule has 2 aliphatic carbocycles. The van der Waals surface area contributed by atoms with Crippen LogP contribution in [0.15, 0.2) is 24.3 Å². The number of hydrogen-bond donors (Lipinski definition) is 2. The fraction of sp³-hybridized carbons (Fsp3) is 0.600. The molecule has 3 rings (SSSR count). The van der Waals surface area contributed by atoms with Crippen LogP contribution in [-0.4, -0.2) is 43.2 Å². The number of non-ortho nitro benzene ring substituents is 1. The van der Waals surface area contributed by atoms with E-state index in [1.807, 2.05) is 0 Å². The average Bonchev–Trinajstić information content (AvgIpc) is 2.68. The highest BCUT2D eigenvalue weighted by atomic mass is 31.2. The number of nitro benzene ring substituents is 1. The summed E-state index contributed by atoms with van der Waals surface area (Å²) in [6, 6.07) is 5.56. The molecule has 0 saturated heterocycles. The van der Waals surface area contributed by atoms with Gasteiger partial charge in [-0.15, -0.1) is 0 Å². The largest absolute Gasteiger partial charge is 0.464 e. The lowest BCUT2D eigenvalue weighted by Crippen LogP contribution is -2.32. The maximum Gasteiger partial charge on any atom is 0.320 e. The molecule has 2 saturated carbocycles. The van der Waals surface area contributed by atoms with E-state index in [1.54, 1.807) is 0 Å². The molecule has 2 fully saturated rings. The number of hydrogen-bond acceptors (Lipinski definition) is 9. The van der Waals surface area contributed by atoms with Crippen LogP contribution in [-0.2, 0) is 19.1 Å². The molecule has 170 valence electrons. The number of nitrogens with zero attached hydrogens (tertiary/aromatic N) is 1. The van der Waals surface area contributed by atoms with Crippen molar-refractivity contribution in [3.63, 3.8) is 0 Å². The molecule has 0 spiro atoms. The molecule has 11 heteroatoms. The monoisotopic (exact) mass is 453 g/mol. The van der Waals surface area contributed by atoms with Crippen LogP contribution in [0.25, 0.3) is 0 Å². The van der Waals surface area contributed by atoms with Crippen molar-refractivity contribution >= 4 is 26.1 Å². The first-order chi connectivity index (χ1) is 15.0. The van der Waals surface area contributed by atoms with Gasteiger partial charge in [0.25, 0.3) is 5.69 Å². The molecule has 0 aromatic heterocycles. The van der Waals surface area contributed by atoms with Crippen LogP contribution in [0.3, 0.4) is 0 Å². The first-order valence-electron chi connectivity index (χ1n) is 10.5. The summed E-state index contributed by atoms with van der Waals surface area (Å²) in [4.78, 5) is 34.3. The van der Waals surface area contributed by atoms with E-state index in [-0.39, 0.29) is 18.8 Å². The lowest BCUT2D eigenvalue weighted by molar-refractivity contribution is -0.384. The van der Waals surface area contributed by atoms with E-state index in [9.17, 15) is 19.7 Å². The van der Waals surface area contributed by atoms with Crippen molar-refractivity contribution in [2.75, 3.05) is 26.3 Å². The predicted molar refractivity (Wildman–Crippen MR) is 113 cm³/mol. The van der Waals surface area contributed by atoms with Gasteiger partial charge in [0, 0.05) is 12.1 Å². The summed E-state index contributed by atoms with van der Waals surface area (Å²) >= 11 is 0. The summed E-state index contributed by atoms with van der Waals surface area (Å²) < 4.78 is 16.3. The third kappa shape index (κ3) is 8.05. The van der Waals surface area contributed by atoms with Crippen molar-refractivity contribution in [1.82, 2.24) is 10.2 Å².